The molecular formula is C17H28N4O3S. The van der Waals surface area contributed by atoms with E-state index in [0.717, 1.165) is 32.5 Å². The highest BCUT2D eigenvalue weighted by atomic mass is 32.2. The maximum atomic E-state index is 12.9. The number of benzene rings is 1. The molecule has 1 heterocycles. The molecule has 0 spiro atoms. The van der Waals surface area contributed by atoms with Gasteiger partial charge in [0.1, 0.15) is 0 Å². The van der Waals surface area contributed by atoms with E-state index >= 15 is 0 Å². The van der Waals surface area contributed by atoms with Crippen LogP contribution in [0.15, 0.2) is 29.2 Å². The average molecular weight is 369 g/mol. The van der Waals surface area contributed by atoms with Crippen molar-refractivity contribution in [1.82, 2.24) is 14.5 Å². The highest BCUT2D eigenvalue weighted by Gasteiger charge is 2.26. The van der Waals surface area contributed by atoms with Gasteiger partial charge in [0.15, 0.2) is 0 Å². The molecule has 1 saturated heterocycles. The van der Waals surface area contributed by atoms with Gasteiger partial charge in [0.25, 0.3) is 0 Å². The number of nitrogens with zero attached hydrogens (tertiary/aromatic N) is 2. The molecule has 25 heavy (non-hydrogen) atoms. The Morgan fingerprint density at radius 2 is 2.00 bits per heavy atom. The molecule has 0 radical (unpaired) electrons. The second-order valence-electron chi connectivity index (χ2n) is 6.34. The summed E-state index contributed by atoms with van der Waals surface area (Å²) in [6.07, 6.45) is 1.95. The van der Waals surface area contributed by atoms with Gasteiger partial charge in [-0.1, -0.05) is 6.07 Å². The lowest BCUT2D eigenvalue weighted by molar-refractivity contribution is -0.116. The summed E-state index contributed by atoms with van der Waals surface area (Å²) in [5.74, 6) is -0.110. The number of carbonyl (C=O) groups is 1. The third kappa shape index (κ3) is 5.78. The zero-order chi connectivity index (χ0) is 18.3. The fourth-order valence-electron chi connectivity index (χ4n) is 2.80. The Hall–Kier alpha value is -1.48. The predicted octanol–water partition coefficient (Wildman–Crippen LogP) is 0.951. The maximum absolute atomic E-state index is 12.9. The van der Waals surface area contributed by atoms with Crippen molar-refractivity contribution in [3.63, 3.8) is 0 Å². The van der Waals surface area contributed by atoms with Crippen molar-refractivity contribution in [3.05, 3.63) is 24.3 Å². The molecule has 0 bridgehead atoms. The summed E-state index contributed by atoms with van der Waals surface area (Å²) in [5, 5.41) is 5.77. The summed E-state index contributed by atoms with van der Waals surface area (Å²) in [6, 6.07) is 6.51. The zero-order valence-corrected chi connectivity index (χ0v) is 15.8. The minimum atomic E-state index is -3.54. The Morgan fingerprint density at radius 3 is 2.76 bits per heavy atom. The van der Waals surface area contributed by atoms with Crippen LogP contribution in [0.5, 0.6) is 0 Å². The molecule has 1 aromatic rings. The number of carbonyl (C=O) groups excluding carboxylic acids is 1. The minimum absolute atomic E-state index is 0.110. The van der Waals surface area contributed by atoms with Crippen LogP contribution in [0.4, 0.5) is 5.69 Å². The van der Waals surface area contributed by atoms with Crippen LogP contribution in [0.3, 0.4) is 0 Å². The van der Waals surface area contributed by atoms with Crippen LogP contribution in [0.25, 0.3) is 0 Å². The molecule has 0 aromatic heterocycles. The van der Waals surface area contributed by atoms with Crippen LogP contribution in [0.1, 0.15) is 19.3 Å². The normalized spacial score (nSPS) is 17.2. The first-order valence-corrected chi connectivity index (χ1v) is 10.1. The van der Waals surface area contributed by atoms with Gasteiger partial charge in [0.2, 0.25) is 15.9 Å². The molecule has 7 nitrogen and oxygen atoms in total. The van der Waals surface area contributed by atoms with Crippen molar-refractivity contribution in [2.45, 2.75) is 24.2 Å². The summed E-state index contributed by atoms with van der Waals surface area (Å²) < 4.78 is 27.3. The van der Waals surface area contributed by atoms with E-state index in [9.17, 15) is 13.2 Å². The summed E-state index contributed by atoms with van der Waals surface area (Å²) in [6.45, 7) is 3.40. The fourth-order valence-corrected chi connectivity index (χ4v) is 4.31. The maximum Gasteiger partial charge on any atom is 0.243 e. The molecule has 1 aromatic carbocycles. The number of rotatable bonds is 7. The topological polar surface area (TPSA) is 81.8 Å². The van der Waals surface area contributed by atoms with Crippen LogP contribution in [0.2, 0.25) is 0 Å². The monoisotopic (exact) mass is 368 g/mol. The Bertz CT molecular complexity index is 678. The molecule has 0 atom stereocenters. The summed E-state index contributed by atoms with van der Waals surface area (Å²) >= 11 is 0. The lowest BCUT2D eigenvalue weighted by Crippen LogP contribution is -2.34. The van der Waals surface area contributed by atoms with Crippen molar-refractivity contribution in [1.29, 1.82) is 0 Å². The second-order valence-corrected chi connectivity index (χ2v) is 8.28. The second kappa shape index (κ2) is 9.28. The predicted molar refractivity (Wildman–Crippen MR) is 99.1 cm³/mol. The quantitative estimate of drug-likeness (QED) is 0.701. The fraction of sp³-hybridized carbons (Fsp3) is 0.588. The van der Waals surface area contributed by atoms with Gasteiger partial charge in [-0.15, -0.1) is 0 Å². The van der Waals surface area contributed by atoms with Crippen LogP contribution < -0.4 is 10.6 Å². The number of hydrogen-bond acceptors (Lipinski definition) is 5. The van der Waals surface area contributed by atoms with Gasteiger partial charge in [-0.05, 0) is 58.2 Å². The Kier molecular flexibility index (Phi) is 7.37. The summed E-state index contributed by atoms with van der Waals surface area (Å²) in [4.78, 5) is 14.3. The molecule has 1 amide bonds. The molecule has 8 heteroatoms. The van der Waals surface area contributed by atoms with Gasteiger partial charge < -0.3 is 15.5 Å². The Balaban J connectivity index is 2.07. The van der Waals surface area contributed by atoms with E-state index in [2.05, 4.69) is 15.5 Å². The molecule has 140 valence electrons. The van der Waals surface area contributed by atoms with Crippen molar-refractivity contribution >= 4 is 21.6 Å². The number of anilines is 1. The molecular weight excluding hydrogens is 340 g/mol. The molecule has 2 N–H and O–H groups in total. The SMILES string of the molecule is CNCCCC(=O)Nc1cccc(S(=O)(=O)N2CCCN(C)CC2)c1. The van der Waals surface area contributed by atoms with Gasteiger partial charge in [-0.2, -0.15) is 4.31 Å². The molecule has 0 aliphatic carbocycles. The lowest BCUT2D eigenvalue weighted by Gasteiger charge is -2.20. The molecule has 1 aliphatic heterocycles. The van der Waals surface area contributed by atoms with Gasteiger partial charge in [-0.25, -0.2) is 8.42 Å². The van der Waals surface area contributed by atoms with Gasteiger partial charge in [0.05, 0.1) is 4.90 Å². The Morgan fingerprint density at radius 1 is 1.20 bits per heavy atom. The third-order valence-electron chi connectivity index (χ3n) is 4.26. The Labute approximate surface area is 150 Å². The van der Waals surface area contributed by atoms with Crippen molar-refractivity contribution in [2.24, 2.45) is 0 Å². The van der Waals surface area contributed by atoms with Crippen LogP contribution >= 0.6 is 0 Å². The first kappa shape index (κ1) is 19.8. The highest BCUT2D eigenvalue weighted by molar-refractivity contribution is 7.89. The smallest absolute Gasteiger partial charge is 0.243 e. The van der Waals surface area contributed by atoms with Crippen LogP contribution in [-0.4, -0.2) is 70.3 Å². The molecule has 1 aliphatic rings. The molecule has 1 fully saturated rings. The van der Waals surface area contributed by atoms with E-state index in [-0.39, 0.29) is 10.8 Å². The minimum Gasteiger partial charge on any atom is -0.326 e. The molecule has 0 unspecified atom stereocenters. The number of hydrogen-bond donors (Lipinski definition) is 2. The number of nitrogens with one attached hydrogen (secondary N) is 2. The van der Waals surface area contributed by atoms with Gasteiger partial charge >= 0.3 is 0 Å². The van der Waals surface area contributed by atoms with E-state index in [1.807, 2.05) is 14.1 Å². The standard InChI is InChI=1S/C17H28N4O3S/c1-18-9-4-8-17(22)19-15-6-3-7-16(14-15)25(23,24)21-11-5-10-20(2)12-13-21/h3,6-7,14,18H,4-5,8-13H2,1-2H3,(H,19,22). The van der Waals surface area contributed by atoms with Gasteiger partial charge in [0, 0.05) is 31.7 Å². The van der Waals surface area contributed by atoms with E-state index in [4.69, 9.17) is 0 Å². The van der Waals surface area contributed by atoms with Crippen LogP contribution in [-0.2, 0) is 14.8 Å². The number of sulfonamides is 1. The van der Waals surface area contributed by atoms with Crippen LogP contribution in [0, 0.1) is 0 Å². The lowest BCUT2D eigenvalue weighted by atomic mass is 10.2. The van der Waals surface area contributed by atoms with E-state index in [1.54, 1.807) is 24.3 Å². The largest absolute Gasteiger partial charge is 0.326 e. The number of amides is 1. The van der Waals surface area contributed by atoms with E-state index in [0.29, 0.717) is 25.2 Å². The third-order valence-corrected chi connectivity index (χ3v) is 6.16. The molecule has 0 saturated carbocycles. The average Bonchev–Trinajstić information content (AvgIpc) is 2.80. The molecule has 2 rings (SSSR count). The van der Waals surface area contributed by atoms with Crippen molar-refractivity contribution in [2.75, 3.05) is 52.1 Å². The van der Waals surface area contributed by atoms with E-state index < -0.39 is 10.0 Å². The van der Waals surface area contributed by atoms with Crippen molar-refractivity contribution in [3.8, 4) is 0 Å². The zero-order valence-electron chi connectivity index (χ0n) is 15.0. The highest BCUT2D eigenvalue weighted by Crippen LogP contribution is 2.21. The van der Waals surface area contributed by atoms with Crippen molar-refractivity contribution < 1.29 is 13.2 Å². The van der Waals surface area contributed by atoms with E-state index in [1.165, 1.54) is 4.31 Å². The number of likely N-dealkylation sites (N-methyl/N-ethyl adjacent to an activating group) is 1. The summed E-state index contributed by atoms with van der Waals surface area (Å²) in [5.41, 5.74) is 0.516. The van der Waals surface area contributed by atoms with Gasteiger partial charge in [-0.3, -0.25) is 4.79 Å². The first-order valence-electron chi connectivity index (χ1n) is 8.66. The first-order chi connectivity index (χ1) is 11.9. The summed E-state index contributed by atoms with van der Waals surface area (Å²) in [7, 11) is 0.298.